The maximum atomic E-state index is 11.7. The minimum Gasteiger partial charge on any atom is -0.379 e. The Balaban J connectivity index is 1.76. The van der Waals surface area contributed by atoms with E-state index in [1.54, 1.807) is 0 Å². The van der Waals surface area contributed by atoms with Gasteiger partial charge in [-0.3, -0.25) is 4.79 Å². The molecule has 1 saturated heterocycles. The smallest absolute Gasteiger partial charge is 0.222 e. The zero-order chi connectivity index (χ0) is 10.7. The van der Waals surface area contributed by atoms with Crippen molar-refractivity contribution in [3.05, 3.63) is 0 Å². The molecule has 1 unspecified atom stereocenters. The number of carbonyl (C=O) groups is 1. The van der Waals surface area contributed by atoms with Crippen LogP contribution in [0.4, 0.5) is 0 Å². The van der Waals surface area contributed by atoms with Crippen LogP contribution < -0.4 is 11.1 Å². The van der Waals surface area contributed by atoms with Crippen molar-refractivity contribution < 1.29 is 9.53 Å². The lowest BCUT2D eigenvalue weighted by Gasteiger charge is -2.23. The molecule has 0 spiro atoms. The number of amides is 1. The van der Waals surface area contributed by atoms with Crippen molar-refractivity contribution in [3.8, 4) is 0 Å². The molecule has 0 aromatic rings. The van der Waals surface area contributed by atoms with E-state index in [1.807, 2.05) is 0 Å². The van der Waals surface area contributed by atoms with Crippen molar-refractivity contribution in [2.45, 2.75) is 50.1 Å². The normalized spacial score (nSPS) is 29.3. The van der Waals surface area contributed by atoms with Gasteiger partial charge in [-0.25, -0.2) is 0 Å². The van der Waals surface area contributed by atoms with E-state index < -0.39 is 0 Å². The van der Waals surface area contributed by atoms with Crippen LogP contribution in [-0.2, 0) is 9.53 Å². The van der Waals surface area contributed by atoms with Gasteiger partial charge in [0.25, 0.3) is 0 Å². The molecule has 0 aromatic heterocycles. The second kappa shape index (κ2) is 4.49. The van der Waals surface area contributed by atoms with Crippen LogP contribution in [0.1, 0.15) is 38.5 Å². The summed E-state index contributed by atoms with van der Waals surface area (Å²) in [5, 5.41) is 2.99. The largest absolute Gasteiger partial charge is 0.379 e. The summed E-state index contributed by atoms with van der Waals surface area (Å²) in [4.78, 5) is 11.7. The van der Waals surface area contributed by atoms with Gasteiger partial charge in [0.1, 0.15) is 0 Å². The average Bonchev–Trinajstić information content (AvgIpc) is 2.76. The molecule has 1 atom stereocenters. The monoisotopic (exact) mass is 212 g/mol. The Morgan fingerprint density at radius 3 is 2.80 bits per heavy atom. The second-order valence-electron chi connectivity index (χ2n) is 4.87. The Morgan fingerprint density at radius 1 is 1.47 bits per heavy atom. The molecule has 1 amide bonds. The molecule has 1 aliphatic heterocycles. The van der Waals surface area contributed by atoms with Crippen LogP contribution in [0.15, 0.2) is 0 Å². The highest BCUT2D eigenvalue weighted by Gasteiger charge is 2.32. The van der Waals surface area contributed by atoms with E-state index in [0.717, 1.165) is 38.7 Å². The molecule has 0 radical (unpaired) electrons. The summed E-state index contributed by atoms with van der Waals surface area (Å²) in [6.45, 7) is 1.42. The molecular formula is C11H20N2O2. The SMILES string of the molecule is NC1(CC(=O)NC2CCOC2)CCCC1. The molecule has 4 nitrogen and oxygen atoms in total. The van der Waals surface area contributed by atoms with Crippen molar-refractivity contribution in [2.24, 2.45) is 5.73 Å². The summed E-state index contributed by atoms with van der Waals surface area (Å²) in [7, 11) is 0. The molecule has 15 heavy (non-hydrogen) atoms. The van der Waals surface area contributed by atoms with Crippen LogP contribution in [-0.4, -0.2) is 30.7 Å². The number of carbonyl (C=O) groups excluding carboxylic acids is 1. The summed E-state index contributed by atoms with van der Waals surface area (Å²) >= 11 is 0. The maximum absolute atomic E-state index is 11.7. The highest BCUT2D eigenvalue weighted by molar-refractivity contribution is 5.77. The number of nitrogens with two attached hydrogens (primary N) is 1. The fourth-order valence-corrected chi connectivity index (χ4v) is 2.50. The zero-order valence-electron chi connectivity index (χ0n) is 9.13. The van der Waals surface area contributed by atoms with Gasteiger partial charge in [0, 0.05) is 18.6 Å². The van der Waals surface area contributed by atoms with Gasteiger partial charge in [0.05, 0.1) is 12.6 Å². The quantitative estimate of drug-likeness (QED) is 0.718. The van der Waals surface area contributed by atoms with E-state index in [-0.39, 0.29) is 17.5 Å². The van der Waals surface area contributed by atoms with Gasteiger partial charge in [-0.05, 0) is 19.3 Å². The minimum atomic E-state index is -0.233. The number of rotatable bonds is 3. The summed E-state index contributed by atoms with van der Waals surface area (Å²) in [5.41, 5.74) is 5.91. The molecular weight excluding hydrogens is 192 g/mol. The van der Waals surface area contributed by atoms with Crippen molar-refractivity contribution in [1.82, 2.24) is 5.32 Å². The fourth-order valence-electron chi connectivity index (χ4n) is 2.50. The highest BCUT2D eigenvalue weighted by Crippen LogP contribution is 2.29. The molecule has 0 bridgehead atoms. The van der Waals surface area contributed by atoms with Crippen LogP contribution in [0.5, 0.6) is 0 Å². The van der Waals surface area contributed by atoms with E-state index in [2.05, 4.69) is 5.32 Å². The van der Waals surface area contributed by atoms with Crippen molar-refractivity contribution in [1.29, 1.82) is 0 Å². The fraction of sp³-hybridized carbons (Fsp3) is 0.909. The lowest BCUT2D eigenvalue weighted by Crippen LogP contribution is -2.44. The van der Waals surface area contributed by atoms with Crippen LogP contribution in [0, 0.1) is 0 Å². The highest BCUT2D eigenvalue weighted by atomic mass is 16.5. The lowest BCUT2D eigenvalue weighted by molar-refractivity contribution is -0.123. The predicted molar refractivity (Wildman–Crippen MR) is 57.4 cm³/mol. The number of nitrogens with one attached hydrogen (secondary N) is 1. The molecule has 2 aliphatic rings. The van der Waals surface area contributed by atoms with E-state index >= 15 is 0 Å². The average molecular weight is 212 g/mol. The standard InChI is InChI=1S/C11H20N2O2/c12-11(4-1-2-5-11)7-10(14)13-9-3-6-15-8-9/h9H,1-8,12H2,(H,13,14). The Kier molecular flexibility index (Phi) is 3.26. The van der Waals surface area contributed by atoms with E-state index in [0.29, 0.717) is 13.0 Å². The Bertz CT molecular complexity index is 231. The molecule has 2 fully saturated rings. The third-order valence-corrected chi connectivity index (χ3v) is 3.41. The first kappa shape index (κ1) is 10.9. The third-order valence-electron chi connectivity index (χ3n) is 3.41. The summed E-state index contributed by atoms with van der Waals surface area (Å²) in [6.07, 6.45) is 5.71. The van der Waals surface area contributed by atoms with Crippen LogP contribution in [0.2, 0.25) is 0 Å². The summed E-state index contributed by atoms with van der Waals surface area (Å²) in [5.74, 6) is 0.0925. The molecule has 4 heteroatoms. The molecule has 86 valence electrons. The predicted octanol–water partition coefficient (Wildman–Crippen LogP) is 0.553. The first-order valence-corrected chi connectivity index (χ1v) is 5.84. The van der Waals surface area contributed by atoms with Gasteiger partial charge in [0.2, 0.25) is 5.91 Å². The molecule has 3 N–H and O–H groups in total. The van der Waals surface area contributed by atoms with Gasteiger partial charge in [-0.2, -0.15) is 0 Å². The Hall–Kier alpha value is -0.610. The van der Waals surface area contributed by atoms with Crippen molar-refractivity contribution in [2.75, 3.05) is 13.2 Å². The van der Waals surface area contributed by atoms with Gasteiger partial charge in [-0.1, -0.05) is 12.8 Å². The molecule has 1 heterocycles. The zero-order valence-corrected chi connectivity index (χ0v) is 9.13. The number of hydrogen-bond acceptors (Lipinski definition) is 3. The van der Waals surface area contributed by atoms with Crippen molar-refractivity contribution >= 4 is 5.91 Å². The first-order valence-electron chi connectivity index (χ1n) is 5.84. The second-order valence-corrected chi connectivity index (χ2v) is 4.87. The Labute approximate surface area is 90.5 Å². The van der Waals surface area contributed by atoms with Crippen molar-refractivity contribution in [3.63, 3.8) is 0 Å². The molecule has 1 saturated carbocycles. The van der Waals surface area contributed by atoms with Crippen LogP contribution in [0.25, 0.3) is 0 Å². The first-order chi connectivity index (χ1) is 7.18. The summed E-state index contributed by atoms with van der Waals surface area (Å²) in [6, 6.07) is 0.211. The maximum Gasteiger partial charge on any atom is 0.222 e. The summed E-state index contributed by atoms with van der Waals surface area (Å²) < 4.78 is 5.21. The molecule has 1 aliphatic carbocycles. The van der Waals surface area contributed by atoms with Crippen LogP contribution >= 0.6 is 0 Å². The van der Waals surface area contributed by atoms with E-state index in [9.17, 15) is 4.79 Å². The van der Waals surface area contributed by atoms with Gasteiger partial charge in [-0.15, -0.1) is 0 Å². The lowest BCUT2D eigenvalue weighted by atomic mass is 9.94. The van der Waals surface area contributed by atoms with Crippen LogP contribution in [0.3, 0.4) is 0 Å². The van der Waals surface area contributed by atoms with Gasteiger partial charge in [0.15, 0.2) is 0 Å². The van der Waals surface area contributed by atoms with Gasteiger partial charge >= 0.3 is 0 Å². The Morgan fingerprint density at radius 2 is 2.20 bits per heavy atom. The molecule has 0 aromatic carbocycles. The van der Waals surface area contributed by atoms with E-state index in [1.165, 1.54) is 0 Å². The van der Waals surface area contributed by atoms with Gasteiger partial charge < -0.3 is 15.8 Å². The molecule has 2 rings (SSSR count). The number of ether oxygens (including phenoxy) is 1. The number of hydrogen-bond donors (Lipinski definition) is 2. The topological polar surface area (TPSA) is 64.4 Å². The van der Waals surface area contributed by atoms with E-state index in [4.69, 9.17) is 10.5 Å². The minimum absolute atomic E-state index is 0.0925. The third kappa shape index (κ3) is 2.92.